The predicted octanol–water partition coefficient (Wildman–Crippen LogP) is 3.66. The highest BCUT2D eigenvalue weighted by molar-refractivity contribution is 6.10. The summed E-state index contributed by atoms with van der Waals surface area (Å²) in [6.07, 6.45) is 5.45. The lowest BCUT2D eigenvalue weighted by Crippen LogP contribution is -2.45. The van der Waals surface area contributed by atoms with Crippen LogP contribution in [0.25, 0.3) is 0 Å². The minimum absolute atomic E-state index is 0.0848. The van der Waals surface area contributed by atoms with E-state index in [1.165, 1.54) is 9.80 Å². The standard InChI is InChI=1S/C27H26N2O4/c1-15-6-8-17(9-7-15)28(25(30)16-4-3-5-18(12-16)33-2)14-29-26(31)23-19-10-11-20(22-13-21(19)22)24(23)27(29)32/h3-12,19-24H,13-14H2,1-2H3/t19-,20-,21-,22+,23+,24+/m1/s1. The lowest BCUT2D eigenvalue weighted by atomic mass is 9.63. The van der Waals surface area contributed by atoms with Gasteiger partial charge in [0.15, 0.2) is 0 Å². The molecule has 0 N–H and O–H groups in total. The largest absolute Gasteiger partial charge is 0.497 e. The SMILES string of the molecule is COc1cccc(C(=O)N(CN2C(=O)[C@H]3[C@@H]4C=C[C@H]([C@@H]5C[C@H]45)[C@@H]3C2=O)c2ccc(C)cc2)c1. The maximum Gasteiger partial charge on any atom is 0.259 e. The van der Waals surface area contributed by atoms with Crippen LogP contribution in [0.2, 0.25) is 0 Å². The number of ether oxygens (including phenoxy) is 1. The summed E-state index contributed by atoms with van der Waals surface area (Å²) in [5.41, 5.74) is 2.15. The third kappa shape index (κ3) is 3.04. The highest BCUT2D eigenvalue weighted by atomic mass is 16.5. The molecule has 33 heavy (non-hydrogen) atoms. The van der Waals surface area contributed by atoms with E-state index >= 15 is 0 Å². The van der Waals surface area contributed by atoms with E-state index in [1.54, 1.807) is 31.4 Å². The Labute approximate surface area is 192 Å². The number of amides is 3. The van der Waals surface area contributed by atoms with Crippen molar-refractivity contribution in [2.45, 2.75) is 13.3 Å². The predicted molar refractivity (Wildman–Crippen MR) is 122 cm³/mol. The number of carbonyl (C=O) groups is 3. The Morgan fingerprint density at radius 1 is 1.00 bits per heavy atom. The van der Waals surface area contributed by atoms with E-state index in [9.17, 15) is 14.4 Å². The number of anilines is 1. The van der Waals surface area contributed by atoms with E-state index in [2.05, 4.69) is 12.2 Å². The van der Waals surface area contributed by atoms with Gasteiger partial charge in [0.25, 0.3) is 5.91 Å². The number of imide groups is 1. The van der Waals surface area contributed by atoms with Crippen LogP contribution in [0.4, 0.5) is 5.69 Å². The van der Waals surface area contributed by atoms with Crippen LogP contribution in [0.1, 0.15) is 22.3 Å². The molecule has 6 heteroatoms. The van der Waals surface area contributed by atoms with Gasteiger partial charge in [-0.1, -0.05) is 35.9 Å². The molecule has 2 aromatic rings. The van der Waals surface area contributed by atoms with E-state index in [0.717, 1.165) is 12.0 Å². The first-order valence-corrected chi connectivity index (χ1v) is 11.5. The smallest absolute Gasteiger partial charge is 0.259 e. The zero-order chi connectivity index (χ0) is 22.9. The van der Waals surface area contributed by atoms with Crippen LogP contribution >= 0.6 is 0 Å². The lowest BCUT2D eigenvalue weighted by Gasteiger charge is -2.37. The fraction of sp³-hybridized carbons (Fsp3) is 0.370. The molecule has 7 rings (SSSR count). The topological polar surface area (TPSA) is 66.9 Å². The molecular weight excluding hydrogens is 416 g/mol. The first kappa shape index (κ1) is 20.2. The number of aryl methyl sites for hydroxylation is 1. The van der Waals surface area contributed by atoms with E-state index in [-0.39, 0.29) is 48.1 Å². The van der Waals surface area contributed by atoms with Crippen molar-refractivity contribution in [2.24, 2.45) is 35.5 Å². The average Bonchev–Trinajstić information content (AvgIpc) is 3.63. The van der Waals surface area contributed by atoms with Gasteiger partial charge in [0.05, 0.1) is 18.9 Å². The quantitative estimate of drug-likeness (QED) is 0.524. The van der Waals surface area contributed by atoms with Crippen LogP contribution in [0.15, 0.2) is 60.7 Å². The summed E-state index contributed by atoms with van der Waals surface area (Å²) in [4.78, 5) is 43.5. The second-order valence-electron chi connectivity index (χ2n) is 9.70. The number of hydrogen-bond acceptors (Lipinski definition) is 4. The highest BCUT2D eigenvalue weighted by Gasteiger charge is 2.67. The van der Waals surface area contributed by atoms with Crippen LogP contribution in [0, 0.1) is 42.4 Å². The van der Waals surface area contributed by atoms with Crippen molar-refractivity contribution in [2.75, 3.05) is 18.7 Å². The first-order valence-electron chi connectivity index (χ1n) is 11.5. The van der Waals surface area contributed by atoms with Gasteiger partial charge in [-0.25, -0.2) is 0 Å². The number of likely N-dealkylation sites (tertiary alicyclic amines) is 1. The number of hydrogen-bond donors (Lipinski definition) is 0. The molecule has 0 spiro atoms. The molecule has 0 radical (unpaired) electrons. The molecule has 1 aliphatic heterocycles. The van der Waals surface area contributed by atoms with E-state index in [1.807, 2.05) is 31.2 Å². The van der Waals surface area contributed by atoms with E-state index in [0.29, 0.717) is 28.8 Å². The van der Waals surface area contributed by atoms with E-state index in [4.69, 9.17) is 4.74 Å². The Kier molecular flexibility index (Phi) is 4.47. The van der Waals surface area contributed by atoms with E-state index < -0.39 is 0 Å². The fourth-order valence-corrected chi connectivity index (χ4v) is 6.20. The third-order valence-electron chi connectivity index (χ3n) is 7.94. The molecule has 2 saturated carbocycles. The summed E-state index contributed by atoms with van der Waals surface area (Å²) in [5.74, 6) is 0.889. The Bertz CT molecular complexity index is 1150. The summed E-state index contributed by atoms with van der Waals surface area (Å²) in [6, 6.07) is 14.5. The van der Waals surface area contributed by atoms with Gasteiger partial charge >= 0.3 is 0 Å². The monoisotopic (exact) mass is 442 g/mol. The molecule has 2 aromatic carbocycles. The summed E-state index contributed by atoms with van der Waals surface area (Å²) in [6.45, 7) is 1.89. The minimum atomic E-state index is -0.280. The molecule has 1 saturated heterocycles. The number of rotatable bonds is 5. The van der Waals surface area contributed by atoms with Gasteiger partial charge in [-0.2, -0.15) is 0 Å². The molecule has 3 amide bonds. The molecule has 168 valence electrons. The lowest BCUT2D eigenvalue weighted by molar-refractivity contribution is -0.140. The van der Waals surface area contributed by atoms with Gasteiger partial charge in [-0.3, -0.25) is 24.2 Å². The second kappa shape index (κ2) is 7.30. The second-order valence-corrected chi connectivity index (χ2v) is 9.70. The van der Waals surface area contributed by atoms with Crippen molar-refractivity contribution in [3.05, 3.63) is 71.8 Å². The minimum Gasteiger partial charge on any atom is -0.497 e. The van der Waals surface area contributed by atoms with Crippen LogP contribution in [-0.2, 0) is 9.59 Å². The van der Waals surface area contributed by atoms with Crippen molar-refractivity contribution in [1.82, 2.24) is 4.90 Å². The summed E-state index contributed by atoms with van der Waals surface area (Å²) in [7, 11) is 1.55. The number of benzene rings is 2. The summed E-state index contributed by atoms with van der Waals surface area (Å²) >= 11 is 0. The van der Waals surface area contributed by atoms with Crippen LogP contribution in [0.5, 0.6) is 5.75 Å². The molecule has 4 aliphatic carbocycles. The zero-order valence-electron chi connectivity index (χ0n) is 18.7. The van der Waals surface area contributed by atoms with Crippen LogP contribution < -0.4 is 9.64 Å². The van der Waals surface area contributed by atoms with Gasteiger partial charge in [0.2, 0.25) is 11.8 Å². The number of carbonyl (C=O) groups excluding carboxylic acids is 3. The Hall–Kier alpha value is -3.41. The summed E-state index contributed by atoms with van der Waals surface area (Å²) < 4.78 is 5.29. The normalized spacial score (nSPS) is 30.8. The molecule has 2 bridgehead atoms. The molecule has 5 aliphatic rings. The molecule has 3 fully saturated rings. The van der Waals surface area contributed by atoms with Gasteiger partial charge in [-0.05, 0) is 67.3 Å². The van der Waals surface area contributed by atoms with Gasteiger partial charge < -0.3 is 4.74 Å². The molecule has 6 atom stereocenters. The van der Waals surface area contributed by atoms with Crippen LogP contribution in [-0.4, -0.2) is 36.4 Å². The molecule has 0 aromatic heterocycles. The van der Waals surface area contributed by atoms with Crippen molar-refractivity contribution < 1.29 is 19.1 Å². The fourth-order valence-electron chi connectivity index (χ4n) is 6.20. The molecule has 1 heterocycles. The van der Waals surface area contributed by atoms with Crippen molar-refractivity contribution in [1.29, 1.82) is 0 Å². The third-order valence-corrected chi connectivity index (χ3v) is 7.94. The number of allylic oxidation sites excluding steroid dienone is 2. The van der Waals surface area contributed by atoms with Crippen molar-refractivity contribution in [3.63, 3.8) is 0 Å². The van der Waals surface area contributed by atoms with Crippen LogP contribution in [0.3, 0.4) is 0 Å². The highest BCUT2D eigenvalue weighted by Crippen LogP contribution is 2.65. The first-order chi connectivity index (χ1) is 16.0. The van der Waals surface area contributed by atoms with Crippen molar-refractivity contribution in [3.8, 4) is 5.75 Å². The molecule has 6 nitrogen and oxygen atoms in total. The Morgan fingerprint density at radius 2 is 1.64 bits per heavy atom. The van der Waals surface area contributed by atoms with Gasteiger partial charge in [-0.15, -0.1) is 0 Å². The molecular formula is C27H26N2O4. The summed E-state index contributed by atoms with van der Waals surface area (Å²) in [5, 5.41) is 0. The Morgan fingerprint density at radius 3 is 2.24 bits per heavy atom. The Balaban J connectivity index is 1.34. The van der Waals surface area contributed by atoms with Gasteiger partial charge in [0.1, 0.15) is 12.4 Å². The van der Waals surface area contributed by atoms with Crippen molar-refractivity contribution >= 4 is 23.4 Å². The maximum absolute atomic E-state index is 13.6. The van der Waals surface area contributed by atoms with Gasteiger partial charge in [0, 0.05) is 11.3 Å². The number of nitrogens with zero attached hydrogens (tertiary/aromatic N) is 2. The molecule has 0 unspecified atom stereocenters. The zero-order valence-corrected chi connectivity index (χ0v) is 18.7. The maximum atomic E-state index is 13.6. The average molecular weight is 443 g/mol. The number of methoxy groups -OCH3 is 1.